The van der Waals surface area contributed by atoms with E-state index in [1.807, 2.05) is 30.3 Å². The van der Waals surface area contributed by atoms with Crippen LogP contribution in [0.4, 0.5) is 0 Å². The van der Waals surface area contributed by atoms with Gasteiger partial charge in [0.1, 0.15) is 5.75 Å². The van der Waals surface area contributed by atoms with E-state index in [0.717, 1.165) is 5.56 Å². The average molecular weight is 296 g/mol. The fourth-order valence-electron chi connectivity index (χ4n) is 1.78. The molecule has 0 saturated heterocycles. The summed E-state index contributed by atoms with van der Waals surface area (Å²) in [6.07, 6.45) is 2.32. The third-order valence-electron chi connectivity index (χ3n) is 3.03. The second-order valence-corrected chi connectivity index (χ2v) is 4.73. The number of hydrogen-bond acceptors (Lipinski definition) is 3. The molecular weight excluding hydrogens is 280 g/mol. The van der Waals surface area contributed by atoms with Crippen molar-refractivity contribution in [2.24, 2.45) is 0 Å². The van der Waals surface area contributed by atoms with Crippen molar-refractivity contribution in [1.29, 1.82) is 0 Å². The van der Waals surface area contributed by atoms with Crippen molar-refractivity contribution in [3.63, 3.8) is 0 Å². The van der Waals surface area contributed by atoms with Gasteiger partial charge in [-0.25, -0.2) is 4.79 Å². The first-order valence-corrected chi connectivity index (χ1v) is 6.83. The van der Waals surface area contributed by atoms with Gasteiger partial charge in [-0.05, 0) is 42.8 Å². The molecule has 0 amide bonds. The summed E-state index contributed by atoms with van der Waals surface area (Å²) < 4.78 is 5.21. The Morgan fingerprint density at radius 3 is 2.27 bits per heavy atom. The first-order valence-electron chi connectivity index (χ1n) is 6.83. The highest BCUT2D eigenvalue weighted by Gasteiger charge is 2.12. The van der Waals surface area contributed by atoms with E-state index in [4.69, 9.17) is 9.84 Å². The van der Waals surface area contributed by atoms with Crippen molar-refractivity contribution in [3.05, 3.63) is 71.8 Å². The lowest BCUT2D eigenvalue weighted by atomic mass is 10.1. The minimum Gasteiger partial charge on any atom is -0.479 e. The van der Waals surface area contributed by atoms with E-state index < -0.39 is 12.1 Å². The van der Waals surface area contributed by atoms with Gasteiger partial charge in [0.2, 0.25) is 0 Å². The maximum absolute atomic E-state index is 12.0. The van der Waals surface area contributed by atoms with Crippen LogP contribution >= 0.6 is 0 Å². The number of carbonyl (C=O) groups excluding carboxylic acids is 1. The van der Waals surface area contributed by atoms with Crippen molar-refractivity contribution < 1.29 is 19.4 Å². The molecule has 0 fully saturated rings. The summed E-state index contributed by atoms with van der Waals surface area (Å²) in [4.78, 5) is 22.7. The summed E-state index contributed by atoms with van der Waals surface area (Å²) in [5, 5.41) is 8.78. The number of carbonyl (C=O) groups is 2. The summed E-state index contributed by atoms with van der Waals surface area (Å²) in [6, 6.07) is 15.9. The van der Waals surface area contributed by atoms with Crippen LogP contribution in [-0.4, -0.2) is 23.0 Å². The number of carboxylic acid groups (broad SMARTS) is 1. The molecule has 0 aromatic heterocycles. The van der Waals surface area contributed by atoms with Crippen molar-refractivity contribution >= 4 is 17.8 Å². The molecule has 1 unspecified atom stereocenters. The number of ether oxygens (including phenoxy) is 1. The first kappa shape index (κ1) is 15.5. The molecule has 4 nitrogen and oxygen atoms in total. The van der Waals surface area contributed by atoms with Gasteiger partial charge in [-0.2, -0.15) is 0 Å². The molecule has 2 aromatic carbocycles. The number of aliphatic carboxylic acids is 1. The van der Waals surface area contributed by atoms with Gasteiger partial charge in [0, 0.05) is 5.56 Å². The SMILES string of the molecule is CC(Oc1ccc(C(=O)/C=C/c2ccccc2)cc1)C(=O)O. The molecule has 112 valence electrons. The highest BCUT2D eigenvalue weighted by Crippen LogP contribution is 2.15. The number of hydrogen-bond donors (Lipinski definition) is 1. The minimum atomic E-state index is -1.04. The molecule has 0 aliphatic heterocycles. The molecule has 2 aromatic rings. The van der Waals surface area contributed by atoms with E-state index in [1.54, 1.807) is 30.3 Å². The Morgan fingerprint density at radius 1 is 1.05 bits per heavy atom. The summed E-state index contributed by atoms with van der Waals surface area (Å²) in [5.41, 5.74) is 1.47. The predicted molar refractivity (Wildman–Crippen MR) is 84.0 cm³/mol. The fraction of sp³-hybridized carbons (Fsp3) is 0.111. The topological polar surface area (TPSA) is 63.6 Å². The van der Waals surface area contributed by atoms with Crippen LogP contribution in [0.2, 0.25) is 0 Å². The zero-order valence-corrected chi connectivity index (χ0v) is 12.1. The maximum atomic E-state index is 12.0. The molecule has 0 radical (unpaired) electrons. The van der Waals surface area contributed by atoms with E-state index >= 15 is 0 Å². The molecule has 0 bridgehead atoms. The first-order chi connectivity index (χ1) is 10.6. The average Bonchev–Trinajstić information content (AvgIpc) is 2.54. The van der Waals surface area contributed by atoms with E-state index in [2.05, 4.69) is 0 Å². The Balaban J connectivity index is 2.02. The monoisotopic (exact) mass is 296 g/mol. The maximum Gasteiger partial charge on any atom is 0.344 e. The van der Waals surface area contributed by atoms with Crippen LogP contribution in [0.1, 0.15) is 22.8 Å². The lowest BCUT2D eigenvalue weighted by molar-refractivity contribution is -0.144. The predicted octanol–water partition coefficient (Wildman–Crippen LogP) is 3.43. The van der Waals surface area contributed by atoms with Gasteiger partial charge in [0.15, 0.2) is 11.9 Å². The van der Waals surface area contributed by atoms with Crippen LogP contribution in [0.15, 0.2) is 60.7 Å². The highest BCUT2D eigenvalue weighted by atomic mass is 16.5. The Morgan fingerprint density at radius 2 is 1.68 bits per heavy atom. The Labute approximate surface area is 128 Å². The molecule has 0 aliphatic rings. The zero-order valence-electron chi connectivity index (χ0n) is 12.1. The number of carboxylic acids is 1. The second-order valence-electron chi connectivity index (χ2n) is 4.73. The Hall–Kier alpha value is -2.88. The number of allylic oxidation sites excluding steroid dienone is 1. The van der Waals surface area contributed by atoms with Gasteiger partial charge in [0.25, 0.3) is 0 Å². The van der Waals surface area contributed by atoms with Gasteiger partial charge < -0.3 is 9.84 Å². The van der Waals surface area contributed by atoms with E-state index in [9.17, 15) is 9.59 Å². The molecule has 1 atom stereocenters. The van der Waals surface area contributed by atoms with Gasteiger partial charge in [-0.1, -0.05) is 36.4 Å². The van der Waals surface area contributed by atoms with Crippen molar-refractivity contribution in [2.75, 3.05) is 0 Å². The summed E-state index contributed by atoms with van der Waals surface area (Å²) in [5.74, 6) is -0.744. The molecule has 22 heavy (non-hydrogen) atoms. The normalized spacial score (nSPS) is 12.0. The lowest BCUT2D eigenvalue weighted by Gasteiger charge is -2.10. The molecule has 0 aliphatic carbocycles. The van der Waals surface area contributed by atoms with Crippen LogP contribution in [0, 0.1) is 0 Å². The minimum absolute atomic E-state index is 0.123. The molecule has 0 heterocycles. The quantitative estimate of drug-likeness (QED) is 0.655. The lowest BCUT2D eigenvalue weighted by Crippen LogP contribution is -2.22. The highest BCUT2D eigenvalue weighted by molar-refractivity contribution is 6.06. The molecule has 4 heteroatoms. The number of ketones is 1. The van der Waals surface area contributed by atoms with Gasteiger partial charge in [0.05, 0.1) is 0 Å². The van der Waals surface area contributed by atoms with Crippen molar-refractivity contribution in [1.82, 2.24) is 0 Å². The van der Waals surface area contributed by atoms with E-state index in [-0.39, 0.29) is 5.78 Å². The third kappa shape index (κ3) is 4.31. The zero-order chi connectivity index (χ0) is 15.9. The number of rotatable bonds is 6. The van der Waals surface area contributed by atoms with Gasteiger partial charge >= 0.3 is 5.97 Å². The Bertz CT molecular complexity index is 672. The van der Waals surface area contributed by atoms with Gasteiger partial charge in [-0.15, -0.1) is 0 Å². The Kier molecular flexibility index (Phi) is 5.09. The molecule has 0 spiro atoms. The van der Waals surface area contributed by atoms with Crippen LogP contribution in [0.5, 0.6) is 5.75 Å². The van der Waals surface area contributed by atoms with Crippen LogP contribution < -0.4 is 4.74 Å². The molecule has 2 rings (SSSR count). The van der Waals surface area contributed by atoms with Crippen LogP contribution in [-0.2, 0) is 4.79 Å². The molecular formula is C18H16O4. The summed E-state index contributed by atoms with van der Waals surface area (Å²) in [7, 11) is 0. The third-order valence-corrected chi connectivity index (χ3v) is 3.03. The summed E-state index contributed by atoms with van der Waals surface area (Å²) >= 11 is 0. The fourth-order valence-corrected chi connectivity index (χ4v) is 1.78. The second kappa shape index (κ2) is 7.22. The van der Waals surface area contributed by atoms with Crippen LogP contribution in [0.3, 0.4) is 0 Å². The number of benzene rings is 2. The van der Waals surface area contributed by atoms with Crippen molar-refractivity contribution in [3.8, 4) is 5.75 Å². The standard InChI is InChI=1S/C18H16O4/c1-13(18(20)21)22-16-10-8-15(9-11-16)17(19)12-7-14-5-3-2-4-6-14/h2-13H,1H3,(H,20,21)/b12-7+. The van der Waals surface area contributed by atoms with Gasteiger partial charge in [-0.3, -0.25) is 4.79 Å². The van der Waals surface area contributed by atoms with E-state index in [0.29, 0.717) is 11.3 Å². The molecule has 1 N–H and O–H groups in total. The van der Waals surface area contributed by atoms with Crippen LogP contribution in [0.25, 0.3) is 6.08 Å². The van der Waals surface area contributed by atoms with Crippen molar-refractivity contribution in [2.45, 2.75) is 13.0 Å². The van der Waals surface area contributed by atoms with E-state index in [1.165, 1.54) is 13.0 Å². The smallest absolute Gasteiger partial charge is 0.344 e. The molecule has 0 saturated carbocycles. The summed E-state index contributed by atoms with van der Waals surface area (Å²) in [6.45, 7) is 1.45. The largest absolute Gasteiger partial charge is 0.479 e.